The summed E-state index contributed by atoms with van der Waals surface area (Å²) < 4.78 is 10.7. The van der Waals surface area contributed by atoms with Gasteiger partial charge in [0.15, 0.2) is 0 Å². The molecule has 0 saturated heterocycles. The first-order valence-electron chi connectivity index (χ1n) is 8.23. The predicted octanol–water partition coefficient (Wildman–Crippen LogP) is 4.58. The van der Waals surface area contributed by atoms with Crippen molar-refractivity contribution in [1.82, 2.24) is 0 Å². The van der Waals surface area contributed by atoms with E-state index in [1.165, 1.54) is 0 Å². The van der Waals surface area contributed by atoms with E-state index in [4.69, 9.17) is 14.6 Å². The topological polar surface area (TPSA) is 55.8 Å². The number of rotatable bonds is 7. The van der Waals surface area contributed by atoms with Gasteiger partial charge < -0.3 is 14.6 Å². The van der Waals surface area contributed by atoms with E-state index in [2.05, 4.69) is 0 Å². The highest BCUT2D eigenvalue weighted by molar-refractivity contribution is 5.69. The van der Waals surface area contributed by atoms with Gasteiger partial charge in [-0.1, -0.05) is 43.3 Å². The molecule has 0 amide bonds. The second kappa shape index (κ2) is 12.0. The second-order valence-corrected chi connectivity index (χ2v) is 5.34. The van der Waals surface area contributed by atoms with Gasteiger partial charge in [-0.3, -0.25) is 4.79 Å². The summed E-state index contributed by atoms with van der Waals surface area (Å²) >= 11 is 0. The molecule has 0 fully saturated rings. The van der Waals surface area contributed by atoms with Crippen LogP contribution < -0.4 is 4.74 Å². The Morgan fingerprint density at radius 3 is 2.12 bits per heavy atom. The molecule has 0 aromatic heterocycles. The molecular formula is C20H26O4. The number of esters is 1. The number of para-hydroxylation sites is 2. The van der Waals surface area contributed by atoms with E-state index in [0.717, 1.165) is 12.2 Å². The number of phenolic OH excluding ortho intramolecular Hbond substituents is 1. The fourth-order valence-electron chi connectivity index (χ4n) is 1.83. The minimum absolute atomic E-state index is 0.0854. The van der Waals surface area contributed by atoms with Gasteiger partial charge in [-0.15, -0.1) is 0 Å². The van der Waals surface area contributed by atoms with E-state index >= 15 is 0 Å². The van der Waals surface area contributed by atoms with Crippen LogP contribution in [0.1, 0.15) is 33.1 Å². The van der Waals surface area contributed by atoms with Crippen LogP contribution in [-0.2, 0) is 9.53 Å². The molecular weight excluding hydrogens is 304 g/mol. The van der Waals surface area contributed by atoms with Gasteiger partial charge in [-0.25, -0.2) is 0 Å². The van der Waals surface area contributed by atoms with Gasteiger partial charge in [0.1, 0.15) is 17.6 Å². The van der Waals surface area contributed by atoms with Gasteiger partial charge in [0.05, 0.1) is 6.61 Å². The lowest BCUT2D eigenvalue weighted by Crippen LogP contribution is -2.17. The highest BCUT2D eigenvalue weighted by Crippen LogP contribution is 2.10. The van der Waals surface area contributed by atoms with Gasteiger partial charge in [0.25, 0.3) is 0 Å². The minimum atomic E-state index is -0.125. The number of ether oxygens (including phenoxy) is 2. The normalized spacial score (nSPS) is 10.9. The van der Waals surface area contributed by atoms with E-state index in [9.17, 15) is 4.79 Å². The van der Waals surface area contributed by atoms with E-state index in [0.29, 0.717) is 25.2 Å². The first kappa shape index (κ1) is 19.6. The third-order valence-corrected chi connectivity index (χ3v) is 3.08. The predicted molar refractivity (Wildman–Crippen MR) is 95.1 cm³/mol. The van der Waals surface area contributed by atoms with Gasteiger partial charge in [0, 0.05) is 12.8 Å². The van der Waals surface area contributed by atoms with Crippen LogP contribution >= 0.6 is 0 Å². The first-order chi connectivity index (χ1) is 11.6. The number of phenols is 1. The summed E-state index contributed by atoms with van der Waals surface area (Å²) in [4.78, 5) is 11.2. The lowest BCUT2D eigenvalue weighted by Gasteiger charge is -2.13. The average Bonchev–Trinajstić information content (AvgIpc) is 2.57. The number of benzene rings is 2. The number of hydrogen-bond donors (Lipinski definition) is 1. The third-order valence-electron chi connectivity index (χ3n) is 3.08. The maximum absolute atomic E-state index is 11.2. The zero-order chi connectivity index (χ0) is 17.6. The Kier molecular flexibility index (Phi) is 9.78. The van der Waals surface area contributed by atoms with Crippen LogP contribution in [-0.4, -0.2) is 23.8 Å². The van der Waals surface area contributed by atoms with E-state index in [-0.39, 0.29) is 12.1 Å². The van der Waals surface area contributed by atoms with Gasteiger partial charge in [0.2, 0.25) is 0 Å². The molecule has 130 valence electrons. The average molecular weight is 330 g/mol. The lowest BCUT2D eigenvalue weighted by atomic mass is 10.3. The molecule has 4 nitrogen and oxygen atoms in total. The zero-order valence-corrected chi connectivity index (χ0v) is 14.4. The first-order valence-corrected chi connectivity index (χ1v) is 8.23. The van der Waals surface area contributed by atoms with Crippen molar-refractivity contribution < 1.29 is 19.4 Å². The van der Waals surface area contributed by atoms with Gasteiger partial charge in [-0.05, 0) is 37.6 Å². The summed E-state index contributed by atoms with van der Waals surface area (Å²) in [6.07, 6.45) is 1.94. The Morgan fingerprint density at radius 1 is 1.04 bits per heavy atom. The lowest BCUT2D eigenvalue weighted by molar-refractivity contribution is -0.148. The summed E-state index contributed by atoms with van der Waals surface area (Å²) in [5.74, 6) is 1.04. The summed E-state index contributed by atoms with van der Waals surface area (Å²) in [6, 6.07) is 18.3. The van der Waals surface area contributed by atoms with Crippen LogP contribution in [0.5, 0.6) is 11.5 Å². The fourth-order valence-corrected chi connectivity index (χ4v) is 1.83. The molecule has 0 bridgehead atoms. The molecule has 24 heavy (non-hydrogen) atoms. The Hall–Kier alpha value is -2.49. The minimum Gasteiger partial charge on any atom is -0.508 e. The van der Waals surface area contributed by atoms with E-state index in [1.807, 2.05) is 50.2 Å². The van der Waals surface area contributed by atoms with Crippen LogP contribution in [0.15, 0.2) is 60.7 Å². The summed E-state index contributed by atoms with van der Waals surface area (Å²) in [5, 5.41) is 8.63. The summed E-state index contributed by atoms with van der Waals surface area (Å²) in [7, 11) is 0. The van der Waals surface area contributed by atoms with Crippen molar-refractivity contribution in [3.8, 4) is 11.5 Å². The second-order valence-electron chi connectivity index (χ2n) is 5.34. The van der Waals surface area contributed by atoms with Crippen LogP contribution in [0.25, 0.3) is 0 Å². The number of aromatic hydroxyl groups is 1. The summed E-state index contributed by atoms with van der Waals surface area (Å²) in [6.45, 7) is 4.41. The number of carbonyl (C=O) groups is 1. The largest absolute Gasteiger partial charge is 0.508 e. The molecule has 0 aliphatic carbocycles. The van der Waals surface area contributed by atoms with Crippen molar-refractivity contribution in [2.24, 2.45) is 0 Å². The van der Waals surface area contributed by atoms with Crippen LogP contribution in [0.3, 0.4) is 0 Å². The van der Waals surface area contributed by atoms with Crippen molar-refractivity contribution >= 4 is 5.97 Å². The molecule has 0 aliphatic heterocycles. The molecule has 2 aromatic carbocycles. The molecule has 0 radical (unpaired) electrons. The van der Waals surface area contributed by atoms with Gasteiger partial charge in [-0.2, -0.15) is 0 Å². The highest BCUT2D eigenvalue weighted by Gasteiger charge is 2.08. The highest BCUT2D eigenvalue weighted by atomic mass is 16.5. The Balaban J connectivity index is 0.000000341. The van der Waals surface area contributed by atoms with Crippen molar-refractivity contribution in [3.63, 3.8) is 0 Å². The van der Waals surface area contributed by atoms with Crippen LogP contribution in [0.4, 0.5) is 0 Å². The molecule has 0 saturated carbocycles. The maximum Gasteiger partial charge on any atom is 0.306 e. The maximum atomic E-state index is 11.2. The molecule has 1 atom stereocenters. The Bertz CT molecular complexity index is 554. The van der Waals surface area contributed by atoms with Crippen LogP contribution in [0.2, 0.25) is 0 Å². The smallest absolute Gasteiger partial charge is 0.306 e. The third kappa shape index (κ3) is 9.51. The van der Waals surface area contributed by atoms with Crippen molar-refractivity contribution in [1.29, 1.82) is 0 Å². The van der Waals surface area contributed by atoms with Crippen molar-refractivity contribution in [2.75, 3.05) is 6.61 Å². The standard InChI is InChI=1S/C14H20O3.C6H6O/c1-3-7-14(15)17-12(2)10-11-16-13-8-5-4-6-9-13;7-6-4-2-1-3-5-6/h4-6,8-9,12H,3,7,10-11H2,1-2H3;1-5,7H. The zero-order valence-electron chi connectivity index (χ0n) is 14.4. The molecule has 0 aliphatic rings. The number of hydrogen-bond acceptors (Lipinski definition) is 4. The molecule has 0 heterocycles. The number of carbonyl (C=O) groups excluding carboxylic acids is 1. The molecule has 4 heteroatoms. The molecule has 2 aromatic rings. The SMILES string of the molecule is CCCC(=O)OC(C)CCOc1ccccc1.Oc1ccccc1. The van der Waals surface area contributed by atoms with Gasteiger partial charge >= 0.3 is 5.97 Å². The molecule has 1 unspecified atom stereocenters. The monoisotopic (exact) mass is 330 g/mol. The van der Waals surface area contributed by atoms with Crippen molar-refractivity contribution in [3.05, 3.63) is 60.7 Å². The molecule has 0 spiro atoms. The fraction of sp³-hybridized carbons (Fsp3) is 0.350. The van der Waals surface area contributed by atoms with E-state index < -0.39 is 0 Å². The molecule has 1 N–H and O–H groups in total. The van der Waals surface area contributed by atoms with Crippen LogP contribution in [0, 0.1) is 0 Å². The quantitative estimate of drug-likeness (QED) is 0.755. The Morgan fingerprint density at radius 2 is 1.62 bits per heavy atom. The van der Waals surface area contributed by atoms with E-state index in [1.54, 1.807) is 24.3 Å². The Labute approximate surface area is 144 Å². The summed E-state index contributed by atoms with van der Waals surface area (Å²) in [5.41, 5.74) is 0. The molecule has 2 rings (SSSR count). The van der Waals surface area contributed by atoms with Crippen molar-refractivity contribution in [2.45, 2.75) is 39.2 Å².